The Morgan fingerprint density at radius 1 is 1.03 bits per heavy atom. The highest BCUT2D eigenvalue weighted by molar-refractivity contribution is 6.34. The first-order chi connectivity index (χ1) is 16.6. The summed E-state index contributed by atoms with van der Waals surface area (Å²) >= 11 is 6.06. The lowest BCUT2D eigenvalue weighted by Gasteiger charge is -2.44. The minimum absolute atomic E-state index is 0.198. The summed E-state index contributed by atoms with van der Waals surface area (Å²) in [5, 5.41) is 2.44. The number of carbonyl (C=O) groups is 1. The first kappa shape index (κ1) is 25.1. The SMILES string of the molecule is CN(C)C1([C@@H](NC(=O)c2cccc(C(F)(F)F)c2Cl)c2ccc(-c3cncnc3)cc2)CCCC1. The van der Waals surface area contributed by atoms with Gasteiger partial charge in [0.25, 0.3) is 5.91 Å². The topological polar surface area (TPSA) is 58.1 Å². The van der Waals surface area contributed by atoms with E-state index in [9.17, 15) is 18.0 Å². The Kier molecular flexibility index (Phi) is 7.15. The van der Waals surface area contributed by atoms with Gasteiger partial charge < -0.3 is 10.2 Å². The number of aromatic nitrogens is 2. The van der Waals surface area contributed by atoms with Crippen molar-refractivity contribution in [3.8, 4) is 11.1 Å². The zero-order valence-corrected chi connectivity index (χ0v) is 20.2. The molecule has 0 radical (unpaired) electrons. The Morgan fingerprint density at radius 3 is 2.23 bits per heavy atom. The summed E-state index contributed by atoms with van der Waals surface area (Å²) in [5.41, 5.74) is 1.03. The Labute approximate surface area is 207 Å². The predicted molar refractivity (Wildman–Crippen MR) is 129 cm³/mol. The van der Waals surface area contributed by atoms with E-state index in [1.54, 1.807) is 12.4 Å². The molecule has 1 heterocycles. The highest BCUT2D eigenvalue weighted by Gasteiger charge is 2.45. The molecule has 4 rings (SSSR count). The molecule has 0 aliphatic heterocycles. The number of alkyl halides is 3. The summed E-state index contributed by atoms with van der Waals surface area (Å²) in [6.07, 6.45) is 3.92. The fraction of sp³-hybridized carbons (Fsp3) is 0.346. The van der Waals surface area contributed by atoms with Crippen LogP contribution in [-0.2, 0) is 6.18 Å². The summed E-state index contributed by atoms with van der Waals surface area (Å²) in [4.78, 5) is 23.6. The minimum atomic E-state index is -4.65. The van der Waals surface area contributed by atoms with Crippen molar-refractivity contribution in [3.63, 3.8) is 0 Å². The van der Waals surface area contributed by atoms with Crippen LogP contribution < -0.4 is 5.32 Å². The third-order valence-corrected chi connectivity index (χ3v) is 7.27. The van der Waals surface area contributed by atoms with E-state index in [1.807, 2.05) is 38.4 Å². The molecule has 0 spiro atoms. The Hall–Kier alpha value is -2.97. The van der Waals surface area contributed by atoms with Gasteiger partial charge in [-0.05, 0) is 50.2 Å². The molecule has 1 aromatic heterocycles. The molecule has 2 aromatic carbocycles. The zero-order chi connectivity index (χ0) is 25.2. The van der Waals surface area contributed by atoms with Gasteiger partial charge in [0.2, 0.25) is 0 Å². The monoisotopic (exact) mass is 502 g/mol. The fourth-order valence-electron chi connectivity index (χ4n) is 4.96. The van der Waals surface area contributed by atoms with Gasteiger partial charge in [-0.25, -0.2) is 9.97 Å². The van der Waals surface area contributed by atoms with Crippen molar-refractivity contribution in [2.24, 2.45) is 0 Å². The molecule has 35 heavy (non-hydrogen) atoms. The molecule has 0 unspecified atom stereocenters. The van der Waals surface area contributed by atoms with Crippen LogP contribution in [0.4, 0.5) is 13.2 Å². The molecule has 3 aromatic rings. The molecule has 1 fully saturated rings. The average molecular weight is 503 g/mol. The standard InChI is InChI=1S/C26H26ClF3N4O/c1-34(2)25(12-3-4-13-25)23(18-10-8-17(9-11-18)19-14-31-16-32-15-19)33-24(35)20-6-5-7-21(22(20)27)26(28,29)30/h5-11,14-16,23H,3-4,12-13H2,1-2H3,(H,33,35)/t23-/m0/s1. The van der Waals surface area contributed by atoms with Crippen LogP contribution >= 0.6 is 11.6 Å². The number of benzene rings is 2. The van der Waals surface area contributed by atoms with E-state index in [-0.39, 0.29) is 11.1 Å². The van der Waals surface area contributed by atoms with Gasteiger partial charge in [-0.1, -0.05) is 54.8 Å². The maximum Gasteiger partial charge on any atom is 0.417 e. The van der Waals surface area contributed by atoms with Gasteiger partial charge in [-0.3, -0.25) is 4.79 Å². The third-order valence-electron chi connectivity index (χ3n) is 6.86. The van der Waals surface area contributed by atoms with Crippen LogP contribution in [0, 0.1) is 0 Å². The van der Waals surface area contributed by atoms with E-state index in [2.05, 4.69) is 20.2 Å². The number of nitrogens with zero attached hydrogens (tertiary/aromatic N) is 3. The van der Waals surface area contributed by atoms with Gasteiger partial charge in [0, 0.05) is 23.5 Å². The Morgan fingerprint density at radius 2 is 1.66 bits per heavy atom. The first-order valence-electron chi connectivity index (χ1n) is 11.3. The second-order valence-electron chi connectivity index (χ2n) is 9.03. The smallest absolute Gasteiger partial charge is 0.343 e. The van der Waals surface area contributed by atoms with Gasteiger partial charge in [0.1, 0.15) is 6.33 Å². The highest BCUT2D eigenvalue weighted by Crippen LogP contribution is 2.44. The van der Waals surface area contributed by atoms with Crippen LogP contribution in [0.3, 0.4) is 0 Å². The number of hydrogen-bond acceptors (Lipinski definition) is 4. The van der Waals surface area contributed by atoms with Crippen LogP contribution in [0.5, 0.6) is 0 Å². The van der Waals surface area contributed by atoms with Crippen LogP contribution in [0.25, 0.3) is 11.1 Å². The largest absolute Gasteiger partial charge is 0.417 e. The molecule has 9 heteroatoms. The quantitative estimate of drug-likeness (QED) is 0.438. The summed E-state index contributed by atoms with van der Waals surface area (Å²) in [5.74, 6) is -0.639. The number of amides is 1. The molecule has 0 saturated heterocycles. The molecule has 1 N–H and O–H groups in total. The van der Waals surface area contributed by atoms with Crippen molar-refractivity contribution < 1.29 is 18.0 Å². The highest BCUT2D eigenvalue weighted by atomic mass is 35.5. The summed E-state index contributed by atoms with van der Waals surface area (Å²) < 4.78 is 40.1. The number of carbonyl (C=O) groups excluding carboxylic acids is 1. The number of likely N-dealkylation sites (N-methyl/N-ethyl adjacent to an activating group) is 1. The van der Waals surface area contributed by atoms with Gasteiger partial charge in [-0.2, -0.15) is 13.2 Å². The molecular formula is C26H26ClF3N4O. The van der Waals surface area contributed by atoms with E-state index >= 15 is 0 Å². The van der Waals surface area contributed by atoms with Crippen molar-refractivity contribution in [2.75, 3.05) is 14.1 Å². The van der Waals surface area contributed by atoms with Gasteiger partial charge in [-0.15, -0.1) is 0 Å². The maximum absolute atomic E-state index is 13.4. The minimum Gasteiger partial charge on any atom is -0.343 e. The molecule has 1 aliphatic carbocycles. The van der Waals surface area contributed by atoms with Gasteiger partial charge in [0.15, 0.2) is 0 Å². The zero-order valence-electron chi connectivity index (χ0n) is 19.4. The lowest BCUT2D eigenvalue weighted by Crippen LogP contribution is -2.53. The van der Waals surface area contributed by atoms with Crippen LogP contribution in [0.2, 0.25) is 5.02 Å². The summed E-state index contributed by atoms with van der Waals surface area (Å²) in [6.45, 7) is 0. The predicted octanol–water partition coefficient (Wildman–Crippen LogP) is 6.16. The van der Waals surface area contributed by atoms with E-state index in [4.69, 9.17) is 11.6 Å². The molecule has 5 nitrogen and oxygen atoms in total. The lowest BCUT2D eigenvalue weighted by molar-refractivity contribution is -0.137. The summed E-state index contributed by atoms with van der Waals surface area (Å²) in [7, 11) is 3.94. The fourth-order valence-corrected chi connectivity index (χ4v) is 5.28. The van der Waals surface area contributed by atoms with Crippen molar-refractivity contribution in [1.29, 1.82) is 0 Å². The van der Waals surface area contributed by atoms with E-state index in [1.165, 1.54) is 18.5 Å². The van der Waals surface area contributed by atoms with Crippen LogP contribution in [0.1, 0.15) is 53.2 Å². The summed E-state index contributed by atoms with van der Waals surface area (Å²) in [6, 6.07) is 10.7. The molecule has 1 amide bonds. The number of halogens is 4. The van der Waals surface area contributed by atoms with E-state index < -0.39 is 28.7 Å². The van der Waals surface area contributed by atoms with Crippen molar-refractivity contribution in [3.05, 3.63) is 82.9 Å². The molecule has 184 valence electrons. The number of rotatable bonds is 6. The van der Waals surface area contributed by atoms with Crippen LogP contribution in [-0.4, -0.2) is 40.4 Å². The molecule has 0 bridgehead atoms. The lowest BCUT2D eigenvalue weighted by atomic mass is 9.81. The van der Waals surface area contributed by atoms with Crippen LogP contribution in [0.15, 0.2) is 61.2 Å². The second-order valence-corrected chi connectivity index (χ2v) is 9.40. The third kappa shape index (κ3) is 5.04. The first-order valence-corrected chi connectivity index (χ1v) is 11.7. The molecule has 1 saturated carbocycles. The Bertz CT molecular complexity index is 1180. The van der Waals surface area contributed by atoms with Gasteiger partial charge >= 0.3 is 6.18 Å². The number of nitrogens with one attached hydrogen (secondary N) is 1. The van der Waals surface area contributed by atoms with E-state index in [0.717, 1.165) is 48.4 Å². The van der Waals surface area contributed by atoms with Gasteiger partial charge in [0.05, 0.1) is 22.2 Å². The van der Waals surface area contributed by atoms with Crippen molar-refractivity contribution in [1.82, 2.24) is 20.2 Å². The second kappa shape index (κ2) is 9.95. The molecule has 1 atom stereocenters. The number of hydrogen-bond donors (Lipinski definition) is 1. The molecule has 1 aliphatic rings. The average Bonchev–Trinajstić information content (AvgIpc) is 3.34. The normalized spacial score (nSPS) is 16.3. The van der Waals surface area contributed by atoms with Crippen molar-refractivity contribution in [2.45, 2.75) is 43.4 Å². The Balaban J connectivity index is 1.72. The molecular weight excluding hydrogens is 477 g/mol. The van der Waals surface area contributed by atoms with Crippen molar-refractivity contribution >= 4 is 17.5 Å². The maximum atomic E-state index is 13.4. The van der Waals surface area contributed by atoms with E-state index in [0.29, 0.717) is 0 Å².